The zero-order valence-corrected chi connectivity index (χ0v) is 11.8. The van der Waals surface area contributed by atoms with Crippen LogP contribution in [0.2, 0.25) is 0 Å². The highest BCUT2D eigenvalue weighted by atomic mass is 16.4. The van der Waals surface area contributed by atoms with E-state index in [4.69, 9.17) is 0 Å². The first-order valence-corrected chi connectivity index (χ1v) is 7.07. The first-order chi connectivity index (χ1) is 10.1. The third-order valence-corrected chi connectivity index (χ3v) is 4.41. The second-order valence-corrected chi connectivity index (χ2v) is 5.42. The van der Waals surface area contributed by atoms with E-state index >= 15 is 0 Å². The normalized spacial score (nSPS) is 21.9. The van der Waals surface area contributed by atoms with Gasteiger partial charge in [-0.2, -0.15) is 5.10 Å². The SMILES string of the molecule is CCC1(C(=O)O)CCCN1C(=O)c1ccc2cn[nH]c2c1. The number of carbonyl (C=O) groups is 2. The molecule has 2 N–H and O–H groups in total. The first-order valence-electron chi connectivity index (χ1n) is 7.07. The van der Waals surface area contributed by atoms with Gasteiger partial charge in [0, 0.05) is 17.5 Å². The molecule has 1 atom stereocenters. The van der Waals surface area contributed by atoms with Gasteiger partial charge in [-0.05, 0) is 31.4 Å². The summed E-state index contributed by atoms with van der Waals surface area (Å²) in [6, 6.07) is 5.27. The average molecular weight is 287 g/mol. The number of amides is 1. The zero-order valence-electron chi connectivity index (χ0n) is 11.8. The third kappa shape index (κ3) is 1.98. The maximum absolute atomic E-state index is 12.7. The fourth-order valence-corrected chi connectivity index (χ4v) is 3.14. The number of nitrogens with zero attached hydrogens (tertiary/aromatic N) is 2. The maximum Gasteiger partial charge on any atom is 0.329 e. The van der Waals surface area contributed by atoms with Gasteiger partial charge in [-0.25, -0.2) is 4.79 Å². The molecule has 1 aromatic heterocycles. The minimum absolute atomic E-state index is 0.228. The van der Waals surface area contributed by atoms with Crippen LogP contribution in [0.25, 0.3) is 10.9 Å². The standard InChI is InChI=1S/C15H17N3O3/c1-2-15(14(20)21)6-3-7-18(15)13(19)10-4-5-11-9-16-17-12(11)8-10/h4-5,8-9H,2-3,6-7H2,1H3,(H,16,17)(H,20,21). The summed E-state index contributed by atoms with van der Waals surface area (Å²) in [5.41, 5.74) is 0.199. The molecule has 1 unspecified atom stereocenters. The molecule has 6 heteroatoms. The maximum atomic E-state index is 12.7. The van der Waals surface area contributed by atoms with E-state index in [1.165, 1.54) is 4.90 Å². The Morgan fingerprint density at radius 3 is 3.00 bits per heavy atom. The third-order valence-electron chi connectivity index (χ3n) is 4.41. The fourth-order valence-electron chi connectivity index (χ4n) is 3.14. The number of fused-ring (bicyclic) bond motifs is 1. The predicted octanol–water partition coefficient (Wildman–Crippen LogP) is 2.03. The van der Waals surface area contributed by atoms with Gasteiger partial charge in [0.1, 0.15) is 5.54 Å². The molecule has 0 aliphatic carbocycles. The van der Waals surface area contributed by atoms with E-state index in [9.17, 15) is 14.7 Å². The second kappa shape index (κ2) is 4.87. The minimum Gasteiger partial charge on any atom is -0.479 e. The predicted molar refractivity (Wildman–Crippen MR) is 77.0 cm³/mol. The van der Waals surface area contributed by atoms with Crippen molar-refractivity contribution in [3.8, 4) is 0 Å². The number of rotatable bonds is 3. The summed E-state index contributed by atoms with van der Waals surface area (Å²) in [4.78, 5) is 25.9. The number of aromatic nitrogens is 2. The van der Waals surface area contributed by atoms with Gasteiger partial charge in [-0.1, -0.05) is 13.0 Å². The molecule has 6 nitrogen and oxygen atoms in total. The Balaban J connectivity index is 1.98. The molecule has 0 bridgehead atoms. The van der Waals surface area contributed by atoms with Gasteiger partial charge in [0.05, 0.1) is 11.7 Å². The number of hydrogen-bond acceptors (Lipinski definition) is 3. The Morgan fingerprint density at radius 1 is 1.48 bits per heavy atom. The zero-order chi connectivity index (χ0) is 15.0. The number of nitrogens with one attached hydrogen (secondary N) is 1. The Bertz CT molecular complexity index is 709. The van der Waals surface area contributed by atoms with E-state index in [0.717, 1.165) is 17.3 Å². The van der Waals surface area contributed by atoms with Crippen LogP contribution in [0.15, 0.2) is 24.4 Å². The number of aliphatic carboxylic acids is 1. The van der Waals surface area contributed by atoms with Crippen molar-refractivity contribution < 1.29 is 14.7 Å². The summed E-state index contributed by atoms with van der Waals surface area (Å²) in [5.74, 6) is -1.15. The number of carboxylic acids is 1. The summed E-state index contributed by atoms with van der Waals surface area (Å²) in [6.45, 7) is 2.30. The molecule has 1 aliphatic heterocycles. The summed E-state index contributed by atoms with van der Waals surface area (Å²) < 4.78 is 0. The number of carboxylic acid groups (broad SMARTS) is 1. The summed E-state index contributed by atoms with van der Waals surface area (Å²) in [7, 11) is 0. The molecule has 21 heavy (non-hydrogen) atoms. The molecule has 0 saturated carbocycles. The van der Waals surface area contributed by atoms with Gasteiger partial charge >= 0.3 is 5.97 Å². The molecule has 1 aromatic carbocycles. The van der Waals surface area contributed by atoms with Crippen LogP contribution in [0.4, 0.5) is 0 Å². The molecule has 0 spiro atoms. The van der Waals surface area contributed by atoms with Crippen LogP contribution in [0, 0.1) is 0 Å². The van der Waals surface area contributed by atoms with Crippen molar-refractivity contribution in [1.82, 2.24) is 15.1 Å². The molecule has 1 saturated heterocycles. The molecule has 1 aliphatic rings. The summed E-state index contributed by atoms with van der Waals surface area (Å²) in [5, 5.41) is 17.2. The Labute approximate surface area is 121 Å². The largest absolute Gasteiger partial charge is 0.479 e. The smallest absolute Gasteiger partial charge is 0.329 e. The van der Waals surface area contributed by atoms with Crippen molar-refractivity contribution in [1.29, 1.82) is 0 Å². The average Bonchev–Trinajstić information content (AvgIpc) is 3.12. The van der Waals surface area contributed by atoms with Crippen LogP contribution in [-0.4, -0.2) is 44.2 Å². The number of H-pyrrole nitrogens is 1. The number of carbonyl (C=O) groups excluding carboxylic acids is 1. The lowest BCUT2D eigenvalue weighted by molar-refractivity contribution is -0.148. The molecule has 2 aromatic rings. The van der Waals surface area contributed by atoms with Crippen molar-refractivity contribution >= 4 is 22.8 Å². The fraction of sp³-hybridized carbons (Fsp3) is 0.400. The Kier molecular flexibility index (Phi) is 3.16. The van der Waals surface area contributed by atoms with Gasteiger partial charge in [0.25, 0.3) is 5.91 Å². The van der Waals surface area contributed by atoms with E-state index in [1.54, 1.807) is 18.3 Å². The monoisotopic (exact) mass is 287 g/mol. The Hall–Kier alpha value is -2.37. The molecule has 1 fully saturated rings. The van der Waals surface area contributed by atoms with Crippen LogP contribution in [0.5, 0.6) is 0 Å². The first kappa shape index (κ1) is 13.6. The van der Waals surface area contributed by atoms with Crippen LogP contribution in [0.1, 0.15) is 36.5 Å². The highest BCUT2D eigenvalue weighted by Gasteiger charge is 2.48. The lowest BCUT2D eigenvalue weighted by Gasteiger charge is -2.34. The molecule has 1 amide bonds. The number of aromatic amines is 1. The molecule has 110 valence electrons. The van der Waals surface area contributed by atoms with Crippen LogP contribution >= 0.6 is 0 Å². The Morgan fingerprint density at radius 2 is 2.29 bits per heavy atom. The highest BCUT2D eigenvalue weighted by Crippen LogP contribution is 2.34. The number of likely N-dealkylation sites (tertiary alicyclic amines) is 1. The van der Waals surface area contributed by atoms with Gasteiger partial charge in [-0.3, -0.25) is 9.89 Å². The van der Waals surface area contributed by atoms with Crippen molar-refractivity contribution in [3.63, 3.8) is 0 Å². The number of hydrogen-bond donors (Lipinski definition) is 2. The van der Waals surface area contributed by atoms with E-state index in [-0.39, 0.29) is 5.91 Å². The summed E-state index contributed by atoms with van der Waals surface area (Å²) in [6.07, 6.45) is 3.34. The van der Waals surface area contributed by atoms with E-state index < -0.39 is 11.5 Å². The van der Waals surface area contributed by atoms with Gasteiger partial charge < -0.3 is 10.0 Å². The van der Waals surface area contributed by atoms with Gasteiger partial charge in [0.15, 0.2) is 0 Å². The van der Waals surface area contributed by atoms with Crippen LogP contribution < -0.4 is 0 Å². The molecule has 2 heterocycles. The lowest BCUT2D eigenvalue weighted by Crippen LogP contribution is -2.52. The second-order valence-electron chi connectivity index (χ2n) is 5.42. The molecule has 0 radical (unpaired) electrons. The van der Waals surface area contributed by atoms with E-state index in [0.29, 0.717) is 24.9 Å². The quantitative estimate of drug-likeness (QED) is 0.904. The van der Waals surface area contributed by atoms with E-state index in [1.807, 2.05) is 13.0 Å². The van der Waals surface area contributed by atoms with Gasteiger partial charge in [0.2, 0.25) is 0 Å². The number of benzene rings is 1. The highest BCUT2D eigenvalue weighted by molar-refractivity contribution is 6.00. The van der Waals surface area contributed by atoms with Crippen LogP contribution in [0.3, 0.4) is 0 Å². The van der Waals surface area contributed by atoms with Crippen LogP contribution in [-0.2, 0) is 4.79 Å². The molecule has 3 rings (SSSR count). The molecular formula is C15H17N3O3. The summed E-state index contributed by atoms with van der Waals surface area (Å²) >= 11 is 0. The van der Waals surface area contributed by atoms with Crippen molar-refractivity contribution in [2.75, 3.05) is 6.54 Å². The van der Waals surface area contributed by atoms with E-state index in [2.05, 4.69) is 10.2 Å². The van der Waals surface area contributed by atoms with Crippen molar-refractivity contribution in [2.45, 2.75) is 31.7 Å². The molecular weight excluding hydrogens is 270 g/mol. The van der Waals surface area contributed by atoms with Crippen molar-refractivity contribution in [3.05, 3.63) is 30.0 Å². The van der Waals surface area contributed by atoms with Gasteiger partial charge in [-0.15, -0.1) is 0 Å². The lowest BCUT2D eigenvalue weighted by atomic mass is 9.92. The topological polar surface area (TPSA) is 86.3 Å². The van der Waals surface area contributed by atoms with Crippen molar-refractivity contribution in [2.24, 2.45) is 0 Å². The minimum atomic E-state index is -1.07.